The normalized spacial score (nSPS) is 10.9. The van der Waals surface area contributed by atoms with Crippen LogP contribution in [0.25, 0.3) is 0 Å². The summed E-state index contributed by atoms with van der Waals surface area (Å²) in [5.41, 5.74) is 0.392. The summed E-state index contributed by atoms with van der Waals surface area (Å²) < 4.78 is 37.4. The number of hydrogen-bond donors (Lipinski definition) is 1. The van der Waals surface area contributed by atoms with E-state index in [1.807, 2.05) is 6.07 Å². The van der Waals surface area contributed by atoms with Crippen molar-refractivity contribution >= 4 is 11.4 Å². The first-order valence-corrected chi connectivity index (χ1v) is 6.90. The molecule has 0 radical (unpaired) electrons. The Kier molecular flexibility index (Phi) is 5.04. The largest absolute Gasteiger partial charge is 0.416 e. The molecule has 0 spiro atoms. The molecule has 8 heteroatoms. The minimum atomic E-state index is -4.36. The van der Waals surface area contributed by atoms with Gasteiger partial charge in [-0.25, -0.2) is 0 Å². The number of nitriles is 1. The standard InChI is InChI=1S/C16H12F3N3O2/c17-16(18,19)13-3-1-11(2-4-13)7-8-21-15-6-5-14(22(23)24)9-12(15)10-20/h1-6,9,21H,7-8H2. The summed E-state index contributed by atoms with van der Waals surface area (Å²) in [6.07, 6.45) is -3.92. The molecule has 0 atom stereocenters. The zero-order valence-electron chi connectivity index (χ0n) is 12.3. The van der Waals surface area contributed by atoms with Crippen molar-refractivity contribution in [1.82, 2.24) is 0 Å². The molecule has 2 aromatic carbocycles. The number of hydrogen-bond acceptors (Lipinski definition) is 4. The predicted molar refractivity (Wildman–Crippen MR) is 81.4 cm³/mol. The van der Waals surface area contributed by atoms with Gasteiger partial charge in [0, 0.05) is 18.7 Å². The summed E-state index contributed by atoms with van der Waals surface area (Å²) >= 11 is 0. The maximum absolute atomic E-state index is 12.5. The Labute approximate surface area is 135 Å². The topological polar surface area (TPSA) is 79.0 Å². The molecule has 2 aromatic rings. The molecule has 0 aliphatic carbocycles. The second kappa shape index (κ2) is 7.00. The molecular formula is C16H12F3N3O2. The third kappa shape index (κ3) is 4.23. The molecule has 0 fully saturated rings. The highest BCUT2D eigenvalue weighted by Gasteiger charge is 2.29. The molecule has 0 amide bonds. The molecule has 0 aliphatic rings. The molecule has 1 N–H and O–H groups in total. The van der Waals surface area contributed by atoms with Gasteiger partial charge in [-0.2, -0.15) is 18.4 Å². The van der Waals surface area contributed by atoms with Crippen LogP contribution in [0.5, 0.6) is 0 Å². The van der Waals surface area contributed by atoms with Crippen molar-refractivity contribution in [3.63, 3.8) is 0 Å². The van der Waals surface area contributed by atoms with Gasteiger partial charge in [-0.05, 0) is 30.2 Å². The van der Waals surface area contributed by atoms with Crippen LogP contribution in [0.4, 0.5) is 24.5 Å². The number of halogens is 3. The minimum Gasteiger partial charge on any atom is -0.384 e. The second-order valence-corrected chi connectivity index (χ2v) is 4.97. The fourth-order valence-electron chi connectivity index (χ4n) is 2.09. The van der Waals surface area contributed by atoms with Crippen LogP contribution in [0.2, 0.25) is 0 Å². The maximum Gasteiger partial charge on any atom is 0.416 e. The number of alkyl halides is 3. The Morgan fingerprint density at radius 2 is 1.83 bits per heavy atom. The van der Waals surface area contributed by atoms with Crippen LogP contribution in [-0.4, -0.2) is 11.5 Å². The summed E-state index contributed by atoms with van der Waals surface area (Å²) in [7, 11) is 0. The number of non-ortho nitro benzene ring substituents is 1. The van der Waals surface area contributed by atoms with Crippen LogP contribution in [0, 0.1) is 21.4 Å². The summed E-state index contributed by atoms with van der Waals surface area (Å²) in [4.78, 5) is 10.1. The van der Waals surface area contributed by atoms with Crippen molar-refractivity contribution in [3.8, 4) is 6.07 Å². The molecule has 0 bridgehead atoms. The van der Waals surface area contributed by atoms with Crippen LogP contribution in [-0.2, 0) is 12.6 Å². The summed E-state index contributed by atoms with van der Waals surface area (Å²) in [6.45, 7) is 0.373. The fourth-order valence-corrected chi connectivity index (χ4v) is 2.09. The van der Waals surface area contributed by atoms with Crippen LogP contribution in [0.3, 0.4) is 0 Å². The zero-order chi connectivity index (χ0) is 17.7. The van der Waals surface area contributed by atoms with Gasteiger partial charge in [0.15, 0.2) is 0 Å². The van der Waals surface area contributed by atoms with Gasteiger partial charge in [0.25, 0.3) is 5.69 Å². The molecule has 124 valence electrons. The first kappa shape index (κ1) is 17.3. The van der Waals surface area contributed by atoms with Crippen LogP contribution < -0.4 is 5.32 Å². The summed E-state index contributed by atoms with van der Waals surface area (Å²) in [6, 6.07) is 10.6. The van der Waals surface area contributed by atoms with E-state index in [-0.39, 0.29) is 11.3 Å². The first-order valence-electron chi connectivity index (χ1n) is 6.90. The van der Waals surface area contributed by atoms with Gasteiger partial charge in [0.2, 0.25) is 0 Å². The van der Waals surface area contributed by atoms with Crippen molar-refractivity contribution < 1.29 is 18.1 Å². The van der Waals surface area contributed by atoms with Crippen LogP contribution in [0.15, 0.2) is 42.5 Å². The highest BCUT2D eigenvalue weighted by Crippen LogP contribution is 2.29. The predicted octanol–water partition coefficient (Wildman–Crippen LogP) is 4.14. The fraction of sp³-hybridized carbons (Fsp3) is 0.188. The van der Waals surface area contributed by atoms with E-state index in [1.54, 1.807) is 0 Å². The Bertz CT molecular complexity index is 781. The molecule has 24 heavy (non-hydrogen) atoms. The zero-order valence-corrected chi connectivity index (χ0v) is 12.3. The molecule has 0 saturated carbocycles. The van der Waals surface area contributed by atoms with Crippen molar-refractivity contribution in [1.29, 1.82) is 5.26 Å². The van der Waals surface area contributed by atoms with E-state index in [0.29, 0.717) is 24.2 Å². The van der Waals surface area contributed by atoms with E-state index in [4.69, 9.17) is 5.26 Å². The Hall–Kier alpha value is -3.08. The van der Waals surface area contributed by atoms with E-state index in [2.05, 4.69) is 5.32 Å². The second-order valence-electron chi connectivity index (χ2n) is 4.97. The van der Waals surface area contributed by atoms with Crippen molar-refractivity contribution in [3.05, 3.63) is 69.3 Å². The Balaban J connectivity index is 1.99. The van der Waals surface area contributed by atoms with Crippen molar-refractivity contribution in [2.75, 3.05) is 11.9 Å². The quantitative estimate of drug-likeness (QED) is 0.658. The van der Waals surface area contributed by atoms with Crippen LogP contribution in [0.1, 0.15) is 16.7 Å². The molecule has 2 rings (SSSR count). The van der Waals surface area contributed by atoms with Gasteiger partial charge in [-0.15, -0.1) is 0 Å². The lowest BCUT2D eigenvalue weighted by Crippen LogP contribution is -2.08. The highest BCUT2D eigenvalue weighted by atomic mass is 19.4. The summed E-state index contributed by atoms with van der Waals surface area (Å²) in [5, 5.41) is 22.7. The lowest BCUT2D eigenvalue weighted by molar-refractivity contribution is -0.384. The Morgan fingerprint density at radius 3 is 2.38 bits per heavy atom. The lowest BCUT2D eigenvalue weighted by Gasteiger charge is -2.10. The van der Waals surface area contributed by atoms with Gasteiger partial charge in [0.05, 0.1) is 21.7 Å². The molecule has 0 aliphatic heterocycles. The van der Waals surface area contributed by atoms with Crippen LogP contribution >= 0.6 is 0 Å². The van der Waals surface area contributed by atoms with E-state index in [0.717, 1.165) is 12.1 Å². The first-order chi connectivity index (χ1) is 11.3. The number of nitrogens with one attached hydrogen (secondary N) is 1. The Morgan fingerprint density at radius 1 is 1.17 bits per heavy atom. The minimum absolute atomic E-state index is 0.136. The van der Waals surface area contributed by atoms with E-state index in [1.165, 1.54) is 30.3 Å². The SMILES string of the molecule is N#Cc1cc([N+](=O)[O-])ccc1NCCc1ccc(C(F)(F)F)cc1. The van der Waals surface area contributed by atoms with Crippen molar-refractivity contribution in [2.45, 2.75) is 12.6 Å². The third-order valence-electron chi connectivity index (χ3n) is 3.34. The summed E-state index contributed by atoms with van der Waals surface area (Å²) in [5.74, 6) is 0. The molecule has 0 aromatic heterocycles. The number of anilines is 1. The highest BCUT2D eigenvalue weighted by molar-refractivity contribution is 5.61. The molecule has 0 unspecified atom stereocenters. The molecule has 5 nitrogen and oxygen atoms in total. The number of benzene rings is 2. The van der Waals surface area contributed by atoms with Crippen molar-refractivity contribution in [2.24, 2.45) is 0 Å². The smallest absolute Gasteiger partial charge is 0.384 e. The molecule has 0 heterocycles. The number of rotatable bonds is 5. The average molecular weight is 335 g/mol. The van der Waals surface area contributed by atoms with Gasteiger partial charge >= 0.3 is 6.18 Å². The lowest BCUT2D eigenvalue weighted by atomic mass is 10.1. The van der Waals surface area contributed by atoms with Gasteiger partial charge in [-0.1, -0.05) is 12.1 Å². The van der Waals surface area contributed by atoms with Gasteiger partial charge in [-0.3, -0.25) is 10.1 Å². The maximum atomic E-state index is 12.5. The molecular weight excluding hydrogens is 323 g/mol. The average Bonchev–Trinajstić information content (AvgIpc) is 2.54. The monoisotopic (exact) mass is 335 g/mol. The van der Waals surface area contributed by atoms with E-state index in [9.17, 15) is 23.3 Å². The molecule has 0 saturated heterocycles. The van der Waals surface area contributed by atoms with E-state index < -0.39 is 16.7 Å². The number of nitrogens with zero attached hydrogens (tertiary/aromatic N) is 2. The van der Waals surface area contributed by atoms with Gasteiger partial charge < -0.3 is 5.32 Å². The number of nitro benzene ring substituents is 1. The van der Waals surface area contributed by atoms with Gasteiger partial charge in [0.1, 0.15) is 6.07 Å². The number of nitro groups is 1. The van der Waals surface area contributed by atoms with E-state index >= 15 is 0 Å². The third-order valence-corrected chi connectivity index (χ3v) is 3.34.